The zero-order chi connectivity index (χ0) is 16.7. The molecule has 0 aromatic heterocycles. The zero-order valence-corrected chi connectivity index (χ0v) is 13.8. The lowest BCUT2D eigenvalue weighted by atomic mass is 9.98. The van der Waals surface area contributed by atoms with Gasteiger partial charge in [0, 0.05) is 5.69 Å². The minimum atomic E-state index is -0.687. The summed E-state index contributed by atoms with van der Waals surface area (Å²) in [5.74, 6) is 0.522. The van der Waals surface area contributed by atoms with Gasteiger partial charge in [0.25, 0.3) is 0 Å². The Bertz CT molecular complexity index is 497. The Morgan fingerprint density at radius 2 is 1.73 bits per heavy atom. The monoisotopic (exact) mass is 305 g/mol. The Morgan fingerprint density at radius 3 is 2.18 bits per heavy atom. The van der Waals surface area contributed by atoms with Crippen LogP contribution in [-0.2, 0) is 4.79 Å². The van der Waals surface area contributed by atoms with E-state index in [9.17, 15) is 9.59 Å². The summed E-state index contributed by atoms with van der Waals surface area (Å²) < 4.78 is 0. The molecular weight excluding hydrogens is 278 g/mol. The predicted molar refractivity (Wildman–Crippen MR) is 89.7 cm³/mol. The first-order valence-electron chi connectivity index (χ1n) is 7.80. The lowest BCUT2D eigenvalue weighted by Crippen LogP contribution is -2.46. The number of benzene rings is 1. The van der Waals surface area contributed by atoms with Gasteiger partial charge in [-0.25, -0.2) is 4.79 Å². The summed E-state index contributed by atoms with van der Waals surface area (Å²) in [6, 6.07) is 6.50. The molecule has 2 atom stereocenters. The topological polar surface area (TPSA) is 84.2 Å². The molecule has 122 valence electrons. The Morgan fingerprint density at radius 1 is 1.14 bits per heavy atom. The van der Waals surface area contributed by atoms with Crippen molar-refractivity contribution in [3.63, 3.8) is 0 Å². The van der Waals surface area contributed by atoms with Gasteiger partial charge in [-0.05, 0) is 42.4 Å². The number of amides is 3. The first-order valence-corrected chi connectivity index (χ1v) is 7.80. The van der Waals surface area contributed by atoms with Crippen LogP contribution < -0.4 is 16.4 Å². The highest BCUT2D eigenvalue weighted by Gasteiger charge is 2.21. The highest BCUT2D eigenvalue weighted by Crippen LogP contribution is 2.20. The second-order valence-corrected chi connectivity index (χ2v) is 6.11. The van der Waals surface area contributed by atoms with Gasteiger partial charge in [-0.1, -0.05) is 39.8 Å². The van der Waals surface area contributed by atoms with Crippen molar-refractivity contribution in [2.24, 2.45) is 11.7 Å². The summed E-state index contributed by atoms with van der Waals surface area (Å²) >= 11 is 0. The molecule has 5 heteroatoms. The van der Waals surface area contributed by atoms with Crippen molar-refractivity contribution >= 4 is 17.6 Å². The van der Waals surface area contributed by atoms with Crippen molar-refractivity contribution < 1.29 is 9.59 Å². The number of rotatable bonds is 7. The Balaban J connectivity index is 2.73. The third-order valence-corrected chi connectivity index (χ3v) is 3.70. The summed E-state index contributed by atoms with van der Waals surface area (Å²) in [4.78, 5) is 23.3. The number of carbonyl (C=O) groups excluding carboxylic acids is 2. The maximum absolute atomic E-state index is 12.3. The van der Waals surface area contributed by atoms with Crippen LogP contribution in [0.4, 0.5) is 10.5 Å². The molecule has 0 saturated heterocycles. The third-order valence-electron chi connectivity index (χ3n) is 3.70. The Labute approximate surface area is 132 Å². The molecule has 0 bridgehead atoms. The van der Waals surface area contributed by atoms with Crippen LogP contribution in [0.5, 0.6) is 0 Å². The van der Waals surface area contributed by atoms with E-state index in [0.717, 1.165) is 12.1 Å². The van der Waals surface area contributed by atoms with Crippen LogP contribution in [0.15, 0.2) is 24.3 Å². The smallest absolute Gasteiger partial charge is 0.312 e. The summed E-state index contributed by atoms with van der Waals surface area (Å²) in [5.41, 5.74) is 7.10. The van der Waals surface area contributed by atoms with Crippen LogP contribution in [0.3, 0.4) is 0 Å². The van der Waals surface area contributed by atoms with Gasteiger partial charge in [-0.15, -0.1) is 0 Å². The first kappa shape index (κ1) is 18.0. The molecule has 1 aromatic rings. The molecule has 0 aliphatic carbocycles. The highest BCUT2D eigenvalue weighted by atomic mass is 16.2. The van der Waals surface area contributed by atoms with Crippen molar-refractivity contribution in [3.05, 3.63) is 29.8 Å². The summed E-state index contributed by atoms with van der Waals surface area (Å²) in [6.07, 6.45) is 1.62. The molecule has 0 aliphatic heterocycles. The van der Waals surface area contributed by atoms with Crippen molar-refractivity contribution in [3.8, 4) is 0 Å². The standard InChI is InChI=1S/C17H27N3O2/c1-5-12(4)13-6-8-14(9-7-13)19-16(21)15(10-11(2)3)20-17(18)22/h6-9,11-12,15H,5,10H2,1-4H3,(H,19,21)(H3,18,20,22)/t12-,15+/m0/s1. The maximum atomic E-state index is 12.3. The van der Waals surface area contributed by atoms with E-state index in [1.165, 1.54) is 5.56 Å². The van der Waals surface area contributed by atoms with Crippen LogP contribution in [-0.4, -0.2) is 18.0 Å². The largest absolute Gasteiger partial charge is 0.352 e. The highest BCUT2D eigenvalue weighted by molar-refractivity contribution is 5.96. The summed E-state index contributed by atoms with van der Waals surface area (Å²) in [5, 5.41) is 5.32. The molecule has 1 rings (SSSR count). The molecule has 4 N–H and O–H groups in total. The molecule has 0 saturated carbocycles. The van der Waals surface area contributed by atoms with Gasteiger partial charge in [-0.3, -0.25) is 4.79 Å². The van der Waals surface area contributed by atoms with Crippen molar-refractivity contribution in [1.82, 2.24) is 5.32 Å². The molecule has 0 aliphatic rings. The number of nitrogens with two attached hydrogens (primary N) is 1. The van der Waals surface area contributed by atoms with Crippen molar-refractivity contribution in [2.75, 3.05) is 5.32 Å². The molecule has 0 heterocycles. The fourth-order valence-electron chi connectivity index (χ4n) is 2.23. The van der Waals surface area contributed by atoms with Crippen molar-refractivity contribution in [1.29, 1.82) is 0 Å². The van der Waals surface area contributed by atoms with Crippen LogP contribution in [0.1, 0.15) is 52.0 Å². The molecular formula is C17H27N3O2. The number of nitrogens with one attached hydrogen (secondary N) is 2. The first-order chi connectivity index (χ1) is 10.3. The van der Waals surface area contributed by atoms with E-state index in [2.05, 4.69) is 24.5 Å². The average Bonchev–Trinajstić information content (AvgIpc) is 2.45. The molecule has 0 spiro atoms. The van der Waals surface area contributed by atoms with E-state index < -0.39 is 12.1 Å². The average molecular weight is 305 g/mol. The second kappa shape index (κ2) is 8.41. The Kier molecular flexibility index (Phi) is 6.89. The van der Waals surface area contributed by atoms with E-state index in [1.54, 1.807) is 0 Å². The minimum absolute atomic E-state index is 0.246. The molecule has 0 unspecified atom stereocenters. The molecule has 1 aromatic carbocycles. The van der Waals surface area contributed by atoms with Gasteiger partial charge < -0.3 is 16.4 Å². The second-order valence-electron chi connectivity index (χ2n) is 6.11. The van der Waals surface area contributed by atoms with Crippen LogP contribution in [0.25, 0.3) is 0 Å². The van der Waals surface area contributed by atoms with Gasteiger partial charge in [0.05, 0.1) is 0 Å². The zero-order valence-electron chi connectivity index (χ0n) is 13.8. The maximum Gasteiger partial charge on any atom is 0.312 e. The molecule has 5 nitrogen and oxygen atoms in total. The van der Waals surface area contributed by atoms with Gasteiger partial charge in [-0.2, -0.15) is 0 Å². The SMILES string of the molecule is CC[C@H](C)c1ccc(NC(=O)[C@@H](CC(C)C)NC(N)=O)cc1. The van der Waals surface area contributed by atoms with Crippen LogP contribution in [0.2, 0.25) is 0 Å². The van der Waals surface area contributed by atoms with Crippen LogP contribution in [0, 0.1) is 5.92 Å². The fraction of sp³-hybridized carbons (Fsp3) is 0.529. The summed E-state index contributed by atoms with van der Waals surface area (Å²) in [7, 11) is 0. The quantitative estimate of drug-likeness (QED) is 0.722. The normalized spacial score (nSPS) is 13.5. The Hall–Kier alpha value is -2.04. The molecule has 3 amide bonds. The van der Waals surface area contributed by atoms with Gasteiger partial charge in [0.1, 0.15) is 6.04 Å². The number of urea groups is 1. The number of carbonyl (C=O) groups is 2. The third kappa shape index (κ3) is 5.76. The fourth-order valence-corrected chi connectivity index (χ4v) is 2.23. The number of hydrogen-bond donors (Lipinski definition) is 3. The van der Waals surface area contributed by atoms with E-state index in [1.807, 2.05) is 38.1 Å². The molecule has 0 radical (unpaired) electrons. The van der Waals surface area contributed by atoms with E-state index in [0.29, 0.717) is 12.3 Å². The predicted octanol–water partition coefficient (Wildman–Crippen LogP) is 3.22. The molecule has 22 heavy (non-hydrogen) atoms. The van der Waals surface area contributed by atoms with E-state index in [4.69, 9.17) is 5.73 Å². The number of anilines is 1. The summed E-state index contributed by atoms with van der Waals surface area (Å²) in [6.45, 7) is 8.29. The van der Waals surface area contributed by atoms with E-state index >= 15 is 0 Å². The van der Waals surface area contributed by atoms with Gasteiger partial charge >= 0.3 is 6.03 Å². The minimum Gasteiger partial charge on any atom is -0.352 e. The van der Waals surface area contributed by atoms with Gasteiger partial charge in [0.2, 0.25) is 5.91 Å². The van der Waals surface area contributed by atoms with Gasteiger partial charge in [0.15, 0.2) is 0 Å². The lowest BCUT2D eigenvalue weighted by Gasteiger charge is -2.19. The lowest BCUT2D eigenvalue weighted by molar-refractivity contribution is -0.118. The van der Waals surface area contributed by atoms with Crippen molar-refractivity contribution in [2.45, 2.75) is 52.5 Å². The van der Waals surface area contributed by atoms with E-state index in [-0.39, 0.29) is 11.8 Å². The number of hydrogen-bond acceptors (Lipinski definition) is 2. The number of primary amides is 1. The molecule has 0 fully saturated rings. The van der Waals surface area contributed by atoms with Crippen LogP contribution >= 0.6 is 0 Å².